The predicted molar refractivity (Wildman–Crippen MR) is 88.3 cm³/mol. The highest BCUT2D eigenvalue weighted by molar-refractivity contribution is 7.62. The molecule has 0 spiro atoms. The first-order valence-corrected chi connectivity index (χ1v) is 9.83. The first kappa shape index (κ1) is 15.5. The fraction of sp³-hybridized carbons (Fsp3) is 0.278. The smallest absolute Gasteiger partial charge is 0.0825 e. The third-order valence-electron chi connectivity index (χ3n) is 3.56. The van der Waals surface area contributed by atoms with Crippen LogP contribution in [0.15, 0.2) is 60.7 Å². The van der Waals surface area contributed by atoms with E-state index in [9.17, 15) is 9.83 Å². The summed E-state index contributed by atoms with van der Waals surface area (Å²) in [4.78, 5) is 0. The first-order valence-electron chi connectivity index (χ1n) is 7.05. The monoisotopic (exact) mass is 297 g/mol. The van der Waals surface area contributed by atoms with Crippen molar-refractivity contribution in [2.45, 2.75) is 11.8 Å². The summed E-state index contributed by atoms with van der Waals surface area (Å²) in [6.07, 6.45) is 0.546. The maximum Gasteiger partial charge on any atom is 0.0825 e. The van der Waals surface area contributed by atoms with Crippen molar-refractivity contribution in [1.82, 2.24) is 0 Å². The normalized spacial score (nSPS) is 14.1. The lowest BCUT2D eigenvalue weighted by atomic mass is 9.83. The molecule has 0 aliphatic heterocycles. The Morgan fingerprint density at radius 3 is 1.86 bits per heavy atom. The van der Waals surface area contributed by atoms with Gasteiger partial charge in [0.2, 0.25) is 0 Å². The molecule has 21 heavy (non-hydrogen) atoms. The largest absolute Gasteiger partial charge is 0.324 e. The Balaban J connectivity index is 2.44. The topological polar surface area (TPSA) is 40.9 Å². The molecule has 0 radical (unpaired) electrons. The second-order valence-corrected chi connectivity index (χ2v) is 9.30. The van der Waals surface area contributed by atoms with Crippen LogP contribution in [-0.2, 0) is 4.57 Å². The molecule has 2 aromatic rings. The maximum absolute atomic E-state index is 12.3. The molecule has 2 rings (SSSR count). The van der Waals surface area contributed by atoms with E-state index in [1.54, 1.807) is 13.3 Å². The van der Waals surface area contributed by atoms with Crippen LogP contribution in [0, 0.1) is 11.3 Å². The Kier molecular flexibility index (Phi) is 4.99. The molecule has 2 aromatic carbocycles. The molecule has 2 unspecified atom stereocenters. The summed E-state index contributed by atoms with van der Waals surface area (Å²) in [5.41, 5.74) is 2.07. The number of benzene rings is 2. The Labute approximate surface area is 126 Å². The summed E-state index contributed by atoms with van der Waals surface area (Å²) < 4.78 is 12.3. The van der Waals surface area contributed by atoms with E-state index >= 15 is 0 Å². The minimum absolute atomic E-state index is 0.0422. The van der Waals surface area contributed by atoms with Gasteiger partial charge in [-0.25, -0.2) is 0 Å². The van der Waals surface area contributed by atoms with Crippen LogP contribution in [0.1, 0.15) is 23.0 Å². The molecule has 108 valence electrons. The average Bonchev–Trinajstić information content (AvgIpc) is 2.48. The second-order valence-electron chi connectivity index (χ2n) is 5.79. The van der Waals surface area contributed by atoms with Gasteiger partial charge < -0.3 is 4.57 Å². The molecule has 0 heterocycles. The summed E-state index contributed by atoms with van der Waals surface area (Å²) >= 11 is 0. The van der Waals surface area contributed by atoms with E-state index in [1.165, 1.54) is 0 Å². The molecular weight excluding hydrogens is 277 g/mol. The van der Waals surface area contributed by atoms with E-state index in [4.69, 9.17) is 0 Å². The van der Waals surface area contributed by atoms with Crippen LogP contribution in [0.25, 0.3) is 0 Å². The quantitative estimate of drug-likeness (QED) is 0.750. The van der Waals surface area contributed by atoms with E-state index in [0.29, 0.717) is 6.16 Å². The molecule has 0 saturated heterocycles. The van der Waals surface area contributed by atoms with Gasteiger partial charge in [-0.05, 0) is 24.5 Å². The highest BCUT2D eigenvalue weighted by Gasteiger charge is 2.28. The molecule has 3 heteroatoms. The lowest BCUT2D eigenvalue weighted by Gasteiger charge is -2.24. The zero-order chi connectivity index (χ0) is 15.3. The second kappa shape index (κ2) is 6.74. The number of nitrogens with zero attached hydrogens (tertiary/aromatic N) is 1. The van der Waals surface area contributed by atoms with Gasteiger partial charge >= 0.3 is 0 Å². The van der Waals surface area contributed by atoms with Gasteiger partial charge in [-0.1, -0.05) is 60.7 Å². The van der Waals surface area contributed by atoms with E-state index in [0.717, 1.165) is 11.1 Å². The minimum Gasteiger partial charge on any atom is -0.324 e. The fourth-order valence-corrected chi connectivity index (χ4v) is 4.00. The van der Waals surface area contributed by atoms with Crippen LogP contribution in [0.2, 0.25) is 0 Å². The van der Waals surface area contributed by atoms with Gasteiger partial charge in [0.25, 0.3) is 0 Å². The van der Waals surface area contributed by atoms with Gasteiger partial charge in [0.15, 0.2) is 0 Å². The van der Waals surface area contributed by atoms with E-state index in [1.807, 2.05) is 60.7 Å². The molecule has 0 N–H and O–H groups in total. The first-order chi connectivity index (χ1) is 10.0. The Hall–Kier alpha value is -1.84. The van der Waals surface area contributed by atoms with E-state index < -0.39 is 7.14 Å². The summed E-state index contributed by atoms with van der Waals surface area (Å²) in [5.74, 6) is -0.318. The predicted octanol–water partition coefficient (Wildman–Crippen LogP) is 4.70. The van der Waals surface area contributed by atoms with Gasteiger partial charge in [0.05, 0.1) is 19.1 Å². The van der Waals surface area contributed by atoms with Crippen molar-refractivity contribution in [3.8, 4) is 6.07 Å². The molecule has 0 aliphatic carbocycles. The lowest BCUT2D eigenvalue weighted by molar-refractivity contribution is 0.572. The molecule has 0 saturated carbocycles. The average molecular weight is 297 g/mol. The lowest BCUT2D eigenvalue weighted by Crippen LogP contribution is -2.14. The Bertz CT molecular complexity index is 655. The number of nitriles is 1. The van der Waals surface area contributed by atoms with Crippen molar-refractivity contribution in [2.75, 3.05) is 19.5 Å². The standard InChI is InChI=1S/C18H20NOP/c1-21(2,20)14-18(16-11-7-4-8-12-16)17(13-19)15-9-5-3-6-10-15/h3-12,17-18H,14H2,1-2H3. The van der Waals surface area contributed by atoms with E-state index in [2.05, 4.69) is 6.07 Å². The number of hydrogen-bond acceptors (Lipinski definition) is 2. The van der Waals surface area contributed by atoms with Gasteiger partial charge in [0.1, 0.15) is 0 Å². The van der Waals surface area contributed by atoms with Crippen molar-refractivity contribution in [2.24, 2.45) is 0 Å². The number of hydrogen-bond donors (Lipinski definition) is 0. The molecule has 0 bridgehead atoms. The van der Waals surface area contributed by atoms with Crippen LogP contribution < -0.4 is 0 Å². The Morgan fingerprint density at radius 2 is 1.43 bits per heavy atom. The fourth-order valence-electron chi connectivity index (χ4n) is 2.63. The molecule has 2 atom stereocenters. The van der Waals surface area contributed by atoms with Crippen LogP contribution in [0.3, 0.4) is 0 Å². The van der Waals surface area contributed by atoms with Crippen molar-refractivity contribution >= 4 is 7.14 Å². The summed E-state index contributed by atoms with van der Waals surface area (Å²) in [6, 6.07) is 22.1. The third-order valence-corrected chi connectivity index (χ3v) is 4.84. The molecular formula is C18H20NOP. The zero-order valence-corrected chi connectivity index (χ0v) is 13.3. The Morgan fingerprint density at radius 1 is 0.952 bits per heavy atom. The van der Waals surface area contributed by atoms with Crippen LogP contribution in [-0.4, -0.2) is 19.5 Å². The molecule has 0 amide bonds. The van der Waals surface area contributed by atoms with Crippen LogP contribution in [0.4, 0.5) is 0 Å². The van der Waals surface area contributed by atoms with Crippen LogP contribution in [0.5, 0.6) is 0 Å². The van der Waals surface area contributed by atoms with Gasteiger partial charge in [0, 0.05) is 12.1 Å². The zero-order valence-electron chi connectivity index (χ0n) is 12.4. The third kappa shape index (κ3) is 4.31. The molecule has 0 aromatic heterocycles. The van der Waals surface area contributed by atoms with Crippen molar-refractivity contribution in [3.63, 3.8) is 0 Å². The van der Waals surface area contributed by atoms with Crippen LogP contribution >= 0.6 is 7.14 Å². The number of rotatable bonds is 5. The van der Waals surface area contributed by atoms with Crippen molar-refractivity contribution in [3.05, 3.63) is 71.8 Å². The van der Waals surface area contributed by atoms with Gasteiger partial charge in [-0.2, -0.15) is 5.26 Å². The summed E-state index contributed by atoms with van der Waals surface area (Å²) in [6.45, 7) is 3.59. The molecule has 0 aliphatic rings. The summed E-state index contributed by atoms with van der Waals surface area (Å²) in [5, 5.41) is 9.67. The highest BCUT2D eigenvalue weighted by Crippen LogP contribution is 2.46. The molecule has 0 fully saturated rings. The maximum atomic E-state index is 12.3. The highest BCUT2D eigenvalue weighted by atomic mass is 31.2. The van der Waals surface area contributed by atoms with Crippen molar-refractivity contribution < 1.29 is 4.57 Å². The summed E-state index contributed by atoms with van der Waals surface area (Å²) in [7, 11) is -2.23. The van der Waals surface area contributed by atoms with Gasteiger partial charge in [-0.3, -0.25) is 0 Å². The van der Waals surface area contributed by atoms with E-state index in [-0.39, 0.29) is 11.8 Å². The van der Waals surface area contributed by atoms with Gasteiger partial charge in [-0.15, -0.1) is 0 Å². The SMILES string of the molecule is CP(C)(=O)CC(c1ccccc1)C(C#N)c1ccccc1. The minimum atomic E-state index is -2.23. The van der Waals surface area contributed by atoms with Crippen molar-refractivity contribution in [1.29, 1.82) is 5.26 Å². The molecule has 2 nitrogen and oxygen atoms in total.